The first kappa shape index (κ1) is 20.6. The minimum absolute atomic E-state index is 0.00688. The van der Waals surface area contributed by atoms with E-state index >= 15 is 0 Å². The molecule has 30 heavy (non-hydrogen) atoms. The van der Waals surface area contributed by atoms with Crippen LogP contribution in [0.2, 0.25) is 0 Å². The molecule has 10 heteroatoms. The monoisotopic (exact) mass is 425 g/mol. The number of aromatic nitrogens is 3. The van der Waals surface area contributed by atoms with Gasteiger partial charge in [-0.1, -0.05) is 5.16 Å². The molecule has 1 unspecified atom stereocenters. The summed E-state index contributed by atoms with van der Waals surface area (Å²) in [4.78, 5) is 19.4. The van der Waals surface area contributed by atoms with Crippen LogP contribution in [-0.4, -0.2) is 38.0 Å². The summed E-state index contributed by atoms with van der Waals surface area (Å²) in [6, 6.07) is 1.08. The smallest absolute Gasteiger partial charge is 0.428 e. The average Bonchev–Trinajstić information content (AvgIpc) is 3.58. The summed E-state index contributed by atoms with van der Waals surface area (Å²) in [5, 5.41) is 13.1. The quantitative estimate of drug-likeness (QED) is 0.701. The second-order valence-corrected chi connectivity index (χ2v) is 8.43. The van der Waals surface area contributed by atoms with Crippen molar-refractivity contribution in [3.63, 3.8) is 0 Å². The van der Waals surface area contributed by atoms with Gasteiger partial charge < -0.3 is 14.4 Å². The second kappa shape index (κ2) is 6.68. The summed E-state index contributed by atoms with van der Waals surface area (Å²) in [5.74, 6) is -1.70. The van der Waals surface area contributed by atoms with E-state index in [0.717, 1.165) is 25.8 Å². The number of carbonyl (C=O) groups is 1. The SMILES string of the molecule is Cc1nc(C(C)(C2CC2)[C@](C)(Oc2cc(C(=O)O)ncc2C2CC2)C(F)(F)F)no1. The Bertz CT molecular complexity index is 984. The normalized spacial score (nSPS) is 21.0. The van der Waals surface area contributed by atoms with Crippen molar-refractivity contribution in [2.45, 2.75) is 69.6 Å². The number of aromatic carboxylic acids is 1. The number of rotatable bonds is 7. The van der Waals surface area contributed by atoms with Crippen molar-refractivity contribution in [1.29, 1.82) is 0 Å². The van der Waals surface area contributed by atoms with Gasteiger partial charge >= 0.3 is 12.1 Å². The van der Waals surface area contributed by atoms with Crippen molar-refractivity contribution in [1.82, 2.24) is 15.1 Å². The molecule has 7 nitrogen and oxygen atoms in total. The van der Waals surface area contributed by atoms with Crippen molar-refractivity contribution in [3.8, 4) is 5.75 Å². The van der Waals surface area contributed by atoms with E-state index in [1.807, 2.05) is 0 Å². The molecule has 0 saturated heterocycles. The van der Waals surface area contributed by atoms with Gasteiger partial charge in [-0.15, -0.1) is 0 Å². The average molecular weight is 425 g/mol. The van der Waals surface area contributed by atoms with Gasteiger partial charge in [0.25, 0.3) is 0 Å². The molecule has 2 aliphatic rings. The molecular weight excluding hydrogens is 403 g/mol. The van der Waals surface area contributed by atoms with E-state index < -0.39 is 23.2 Å². The zero-order valence-electron chi connectivity index (χ0n) is 16.8. The van der Waals surface area contributed by atoms with Gasteiger partial charge in [0.05, 0.1) is 5.41 Å². The molecule has 162 valence electrons. The lowest BCUT2D eigenvalue weighted by atomic mass is 9.69. The van der Waals surface area contributed by atoms with E-state index in [1.54, 1.807) is 0 Å². The van der Waals surface area contributed by atoms with Crippen molar-refractivity contribution in [2.24, 2.45) is 5.92 Å². The number of carboxylic acids is 1. The van der Waals surface area contributed by atoms with Gasteiger partial charge in [-0.25, -0.2) is 9.78 Å². The Morgan fingerprint density at radius 2 is 1.90 bits per heavy atom. The van der Waals surface area contributed by atoms with E-state index in [0.29, 0.717) is 18.4 Å². The van der Waals surface area contributed by atoms with Gasteiger partial charge in [0.15, 0.2) is 11.5 Å². The van der Waals surface area contributed by atoms with E-state index in [1.165, 1.54) is 20.0 Å². The lowest BCUT2D eigenvalue weighted by molar-refractivity contribution is -0.269. The Kier molecular flexibility index (Phi) is 4.59. The molecular formula is C20H22F3N3O4. The number of carboxylic acid groups (broad SMARTS) is 1. The second-order valence-electron chi connectivity index (χ2n) is 8.43. The van der Waals surface area contributed by atoms with E-state index in [4.69, 9.17) is 9.26 Å². The molecule has 4 rings (SSSR count). The largest absolute Gasteiger partial charge is 0.477 e. The summed E-state index contributed by atoms with van der Waals surface area (Å²) in [6.45, 7) is 3.94. The maximum atomic E-state index is 14.6. The van der Waals surface area contributed by atoms with Crippen LogP contribution >= 0.6 is 0 Å². The molecule has 0 amide bonds. The fourth-order valence-corrected chi connectivity index (χ4v) is 3.99. The number of nitrogens with zero attached hydrogens (tertiary/aromatic N) is 3. The van der Waals surface area contributed by atoms with Gasteiger partial charge in [-0.3, -0.25) is 0 Å². The summed E-state index contributed by atoms with van der Waals surface area (Å²) >= 11 is 0. The fourth-order valence-electron chi connectivity index (χ4n) is 3.99. The molecule has 0 aromatic carbocycles. The molecule has 2 fully saturated rings. The molecule has 2 heterocycles. The van der Waals surface area contributed by atoms with Gasteiger partial charge in [-0.05, 0) is 51.4 Å². The van der Waals surface area contributed by atoms with Crippen molar-refractivity contribution >= 4 is 5.97 Å². The standard InChI is InChI=1S/C20H22F3N3O4/c1-10-25-17(26-30-10)18(2,12-6-7-12)19(3,20(21,22)23)29-15-8-14(16(27)28)24-9-13(15)11-4-5-11/h8-9,11-12H,4-7H2,1-3H3,(H,27,28)/t18?,19-/m0/s1. The Morgan fingerprint density at radius 3 is 2.37 bits per heavy atom. The van der Waals surface area contributed by atoms with Gasteiger partial charge in [0.1, 0.15) is 5.75 Å². The highest BCUT2D eigenvalue weighted by Crippen LogP contribution is 2.58. The van der Waals surface area contributed by atoms with Crippen LogP contribution in [0.15, 0.2) is 16.8 Å². The van der Waals surface area contributed by atoms with Crippen LogP contribution in [0, 0.1) is 12.8 Å². The predicted molar refractivity (Wildman–Crippen MR) is 97.4 cm³/mol. The summed E-state index contributed by atoms with van der Waals surface area (Å²) < 4.78 is 54.7. The van der Waals surface area contributed by atoms with Crippen LogP contribution in [0.25, 0.3) is 0 Å². The Labute approximate surface area is 170 Å². The van der Waals surface area contributed by atoms with Crippen LogP contribution in [0.4, 0.5) is 13.2 Å². The third kappa shape index (κ3) is 3.22. The van der Waals surface area contributed by atoms with Gasteiger partial charge in [-0.2, -0.15) is 18.2 Å². The maximum Gasteiger partial charge on any atom is 0.428 e. The Balaban J connectivity index is 1.86. The first-order chi connectivity index (χ1) is 14.0. The fraction of sp³-hybridized carbons (Fsp3) is 0.600. The molecule has 1 N–H and O–H groups in total. The minimum atomic E-state index is -4.80. The first-order valence-electron chi connectivity index (χ1n) is 9.77. The number of pyridine rings is 1. The number of ether oxygens (including phenoxy) is 1. The minimum Gasteiger partial charge on any atom is -0.477 e. The number of hydrogen-bond donors (Lipinski definition) is 1. The summed E-state index contributed by atoms with van der Waals surface area (Å²) in [6.07, 6.45) is -0.766. The van der Waals surface area contributed by atoms with Crippen molar-refractivity contribution in [3.05, 3.63) is 35.2 Å². The topological polar surface area (TPSA) is 98.3 Å². The molecule has 0 radical (unpaired) electrons. The molecule has 2 aliphatic carbocycles. The zero-order valence-corrected chi connectivity index (χ0v) is 16.8. The van der Waals surface area contributed by atoms with Crippen LogP contribution in [-0.2, 0) is 5.41 Å². The van der Waals surface area contributed by atoms with Crippen LogP contribution in [0.5, 0.6) is 5.75 Å². The highest BCUT2D eigenvalue weighted by molar-refractivity contribution is 5.85. The molecule has 2 saturated carbocycles. The number of hydrogen-bond acceptors (Lipinski definition) is 6. The van der Waals surface area contributed by atoms with E-state index in [-0.39, 0.29) is 35.0 Å². The highest BCUT2D eigenvalue weighted by atomic mass is 19.4. The molecule has 0 bridgehead atoms. The van der Waals surface area contributed by atoms with Gasteiger partial charge in [0, 0.05) is 24.8 Å². The lowest BCUT2D eigenvalue weighted by Gasteiger charge is -2.45. The third-order valence-electron chi connectivity index (χ3n) is 6.36. The molecule has 2 aromatic heterocycles. The van der Waals surface area contributed by atoms with Crippen LogP contribution in [0.1, 0.15) is 73.2 Å². The number of alkyl halides is 3. The van der Waals surface area contributed by atoms with E-state index in [9.17, 15) is 23.1 Å². The van der Waals surface area contributed by atoms with Gasteiger partial charge in [0.2, 0.25) is 11.5 Å². The first-order valence-corrected chi connectivity index (χ1v) is 9.77. The molecule has 0 spiro atoms. The highest BCUT2D eigenvalue weighted by Gasteiger charge is 2.70. The van der Waals surface area contributed by atoms with Crippen LogP contribution < -0.4 is 4.74 Å². The van der Waals surface area contributed by atoms with Crippen molar-refractivity contribution < 1.29 is 32.3 Å². The molecule has 2 aromatic rings. The summed E-state index contributed by atoms with van der Waals surface area (Å²) in [5.41, 5.74) is -4.24. The molecule has 0 aliphatic heterocycles. The Hall–Kier alpha value is -2.65. The van der Waals surface area contributed by atoms with E-state index in [2.05, 4.69) is 15.1 Å². The van der Waals surface area contributed by atoms with Crippen molar-refractivity contribution in [2.75, 3.05) is 0 Å². The number of halogens is 3. The Morgan fingerprint density at radius 1 is 1.23 bits per heavy atom. The van der Waals surface area contributed by atoms with Crippen LogP contribution in [0.3, 0.4) is 0 Å². The predicted octanol–water partition coefficient (Wildman–Crippen LogP) is 4.42. The maximum absolute atomic E-state index is 14.6. The zero-order chi connectivity index (χ0) is 21.9. The molecule has 2 atom stereocenters. The summed E-state index contributed by atoms with van der Waals surface area (Å²) in [7, 11) is 0. The lowest BCUT2D eigenvalue weighted by Crippen LogP contribution is -2.63. The third-order valence-corrected chi connectivity index (χ3v) is 6.36. The number of aryl methyl sites for hydroxylation is 1.